The number of benzene rings is 2. The SMILES string of the molecule is CNC(=O)CN(CCc1ccccc1)S(=O)(=O)c1cc(C)ccc1OC. The lowest BCUT2D eigenvalue weighted by atomic mass is 10.1. The molecular formula is C19H24N2O4S. The molecule has 0 saturated carbocycles. The summed E-state index contributed by atoms with van der Waals surface area (Å²) in [5.41, 5.74) is 1.80. The average molecular weight is 376 g/mol. The molecule has 0 atom stereocenters. The molecular weight excluding hydrogens is 352 g/mol. The van der Waals surface area contributed by atoms with E-state index in [4.69, 9.17) is 4.74 Å². The summed E-state index contributed by atoms with van der Waals surface area (Å²) < 4.78 is 32.8. The van der Waals surface area contributed by atoms with E-state index in [1.807, 2.05) is 37.3 Å². The average Bonchev–Trinajstić information content (AvgIpc) is 2.65. The number of carbonyl (C=O) groups is 1. The highest BCUT2D eigenvalue weighted by Crippen LogP contribution is 2.27. The summed E-state index contributed by atoms with van der Waals surface area (Å²) in [5, 5.41) is 2.48. The first-order chi connectivity index (χ1) is 12.4. The number of aryl methyl sites for hydroxylation is 1. The standard InChI is InChI=1S/C19H24N2O4S/c1-15-9-10-17(25-3)18(13-15)26(23,24)21(14-19(22)20-2)12-11-16-7-5-4-6-8-16/h4-10,13H,11-12,14H2,1-3H3,(H,20,22). The van der Waals surface area contributed by atoms with Gasteiger partial charge in [-0.25, -0.2) is 8.42 Å². The van der Waals surface area contributed by atoms with E-state index in [1.54, 1.807) is 18.2 Å². The van der Waals surface area contributed by atoms with Gasteiger partial charge in [-0.3, -0.25) is 4.79 Å². The van der Waals surface area contributed by atoms with Gasteiger partial charge in [-0.1, -0.05) is 36.4 Å². The third-order valence-corrected chi connectivity index (χ3v) is 5.89. The molecule has 2 aromatic carbocycles. The summed E-state index contributed by atoms with van der Waals surface area (Å²) in [7, 11) is -0.983. The van der Waals surface area contributed by atoms with Crippen molar-refractivity contribution in [1.29, 1.82) is 0 Å². The smallest absolute Gasteiger partial charge is 0.247 e. The normalized spacial score (nSPS) is 11.4. The molecule has 2 aromatic rings. The van der Waals surface area contributed by atoms with Crippen LogP contribution in [0.25, 0.3) is 0 Å². The van der Waals surface area contributed by atoms with Crippen LogP contribution >= 0.6 is 0 Å². The minimum Gasteiger partial charge on any atom is -0.495 e. The van der Waals surface area contributed by atoms with Gasteiger partial charge in [0.2, 0.25) is 15.9 Å². The summed E-state index contributed by atoms with van der Waals surface area (Å²) in [6, 6.07) is 14.5. The second-order valence-corrected chi connectivity index (χ2v) is 7.81. The maximum Gasteiger partial charge on any atom is 0.247 e. The molecule has 0 radical (unpaired) electrons. The Morgan fingerprint density at radius 1 is 1.15 bits per heavy atom. The zero-order valence-corrected chi connectivity index (χ0v) is 16.0. The van der Waals surface area contributed by atoms with Crippen LogP contribution in [0.3, 0.4) is 0 Å². The van der Waals surface area contributed by atoms with Crippen LogP contribution in [0.4, 0.5) is 0 Å². The van der Waals surface area contributed by atoms with E-state index in [1.165, 1.54) is 18.5 Å². The van der Waals surface area contributed by atoms with Crippen LogP contribution in [-0.2, 0) is 21.2 Å². The van der Waals surface area contributed by atoms with Crippen molar-refractivity contribution in [3.8, 4) is 5.75 Å². The Kier molecular flexibility index (Phi) is 6.76. The van der Waals surface area contributed by atoms with Crippen molar-refractivity contribution in [3.63, 3.8) is 0 Å². The molecule has 1 amide bonds. The third kappa shape index (κ3) is 4.83. The second-order valence-electron chi connectivity index (χ2n) is 5.90. The van der Waals surface area contributed by atoms with Crippen molar-refractivity contribution in [2.24, 2.45) is 0 Å². The van der Waals surface area contributed by atoms with Gasteiger partial charge < -0.3 is 10.1 Å². The van der Waals surface area contributed by atoms with Crippen molar-refractivity contribution in [2.45, 2.75) is 18.2 Å². The molecule has 0 spiro atoms. The van der Waals surface area contributed by atoms with Crippen molar-refractivity contribution >= 4 is 15.9 Å². The van der Waals surface area contributed by atoms with Crippen LogP contribution in [0.5, 0.6) is 5.75 Å². The predicted octanol–water partition coefficient (Wildman–Crippen LogP) is 1.98. The van der Waals surface area contributed by atoms with Crippen LogP contribution in [0.2, 0.25) is 0 Å². The van der Waals surface area contributed by atoms with E-state index in [0.29, 0.717) is 6.42 Å². The Bertz CT molecular complexity index is 851. The first kappa shape index (κ1) is 19.9. The molecule has 0 fully saturated rings. The largest absolute Gasteiger partial charge is 0.495 e. The number of likely N-dealkylation sites (N-methyl/N-ethyl adjacent to an activating group) is 1. The number of ether oxygens (including phenoxy) is 1. The second kappa shape index (κ2) is 8.82. The Labute approximate surface area is 154 Å². The topological polar surface area (TPSA) is 75.7 Å². The van der Waals surface area contributed by atoms with Crippen LogP contribution in [0.15, 0.2) is 53.4 Å². The lowest BCUT2D eigenvalue weighted by molar-refractivity contribution is -0.120. The van der Waals surface area contributed by atoms with E-state index < -0.39 is 10.0 Å². The van der Waals surface area contributed by atoms with E-state index in [0.717, 1.165) is 11.1 Å². The number of nitrogens with one attached hydrogen (secondary N) is 1. The third-order valence-electron chi connectivity index (χ3n) is 4.03. The van der Waals surface area contributed by atoms with Crippen LogP contribution in [0.1, 0.15) is 11.1 Å². The lowest BCUT2D eigenvalue weighted by Gasteiger charge is -2.23. The molecule has 0 aliphatic heterocycles. The number of sulfonamides is 1. The molecule has 0 saturated heterocycles. The molecule has 0 aromatic heterocycles. The van der Waals surface area contributed by atoms with Gasteiger partial charge >= 0.3 is 0 Å². The van der Waals surface area contributed by atoms with Gasteiger partial charge in [-0.05, 0) is 36.6 Å². The number of amides is 1. The van der Waals surface area contributed by atoms with Gasteiger partial charge in [0.1, 0.15) is 10.6 Å². The summed E-state index contributed by atoms with van der Waals surface area (Å²) in [6.07, 6.45) is 0.505. The lowest BCUT2D eigenvalue weighted by Crippen LogP contribution is -2.40. The van der Waals surface area contributed by atoms with Crippen molar-refractivity contribution in [2.75, 3.05) is 27.2 Å². The van der Waals surface area contributed by atoms with Gasteiger partial charge in [-0.2, -0.15) is 4.31 Å². The first-order valence-electron chi connectivity index (χ1n) is 8.27. The molecule has 140 valence electrons. The zero-order chi connectivity index (χ0) is 19.2. The van der Waals surface area contributed by atoms with E-state index in [9.17, 15) is 13.2 Å². The molecule has 6 nitrogen and oxygen atoms in total. The van der Waals surface area contributed by atoms with Crippen molar-refractivity contribution < 1.29 is 17.9 Å². The monoisotopic (exact) mass is 376 g/mol. The fourth-order valence-electron chi connectivity index (χ4n) is 2.55. The van der Waals surface area contributed by atoms with Crippen LogP contribution in [-0.4, -0.2) is 45.9 Å². The van der Waals surface area contributed by atoms with E-state index in [-0.39, 0.29) is 29.6 Å². The highest BCUT2D eigenvalue weighted by atomic mass is 32.2. The minimum absolute atomic E-state index is 0.0666. The Morgan fingerprint density at radius 3 is 2.46 bits per heavy atom. The number of carbonyl (C=O) groups excluding carboxylic acids is 1. The highest BCUT2D eigenvalue weighted by molar-refractivity contribution is 7.89. The number of methoxy groups -OCH3 is 1. The molecule has 0 heterocycles. The van der Waals surface area contributed by atoms with Gasteiger partial charge in [-0.15, -0.1) is 0 Å². The minimum atomic E-state index is -3.89. The predicted molar refractivity (Wildman–Crippen MR) is 101 cm³/mol. The number of hydrogen-bond donors (Lipinski definition) is 1. The van der Waals surface area contributed by atoms with Gasteiger partial charge in [0, 0.05) is 13.6 Å². The van der Waals surface area contributed by atoms with Crippen molar-refractivity contribution in [3.05, 3.63) is 59.7 Å². The van der Waals surface area contributed by atoms with Gasteiger partial charge in [0.05, 0.1) is 13.7 Å². The summed E-state index contributed by atoms with van der Waals surface area (Å²) in [6.45, 7) is 1.76. The molecule has 1 N–H and O–H groups in total. The summed E-state index contributed by atoms with van der Waals surface area (Å²) in [5.74, 6) is -0.106. The number of nitrogens with zero attached hydrogens (tertiary/aromatic N) is 1. The van der Waals surface area contributed by atoms with Gasteiger partial charge in [0.15, 0.2) is 0 Å². The molecule has 7 heteroatoms. The summed E-state index contributed by atoms with van der Waals surface area (Å²) in [4.78, 5) is 12.0. The maximum atomic E-state index is 13.2. The Morgan fingerprint density at radius 2 is 1.85 bits per heavy atom. The molecule has 0 aliphatic rings. The number of hydrogen-bond acceptors (Lipinski definition) is 4. The zero-order valence-electron chi connectivity index (χ0n) is 15.2. The molecule has 0 unspecified atom stereocenters. The first-order valence-corrected chi connectivity index (χ1v) is 9.71. The fourth-order valence-corrected chi connectivity index (χ4v) is 4.18. The van der Waals surface area contributed by atoms with Crippen LogP contribution in [0, 0.1) is 6.92 Å². The maximum absolute atomic E-state index is 13.2. The quantitative estimate of drug-likeness (QED) is 0.764. The number of rotatable bonds is 8. The fraction of sp³-hybridized carbons (Fsp3) is 0.316. The van der Waals surface area contributed by atoms with Crippen LogP contribution < -0.4 is 10.1 Å². The Hall–Kier alpha value is -2.38. The van der Waals surface area contributed by atoms with E-state index >= 15 is 0 Å². The summed E-state index contributed by atoms with van der Waals surface area (Å²) >= 11 is 0. The highest BCUT2D eigenvalue weighted by Gasteiger charge is 2.29. The van der Waals surface area contributed by atoms with Gasteiger partial charge in [0.25, 0.3) is 0 Å². The van der Waals surface area contributed by atoms with E-state index in [2.05, 4.69) is 5.32 Å². The Balaban J connectivity index is 2.36. The molecule has 26 heavy (non-hydrogen) atoms. The van der Waals surface area contributed by atoms with Crippen molar-refractivity contribution in [1.82, 2.24) is 9.62 Å². The molecule has 0 bridgehead atoms. The molecule has 0 aliphatic carbocycles. The molecule has 2 rings (SSSR count).